The van der Waals surface area contributed by atoms with Crippen molar-refractivity contribution in [3.63, 3.8) is 0 Å². The van der Waals surface area contributed by atoms with Crippen molar-refractivity contribution in [1.29, 1.82) is 5.26 Å². The minimum atomic E-state index is 0.685. The van der Waals surface area contributed by atoms with E-state index in [-0.39, 0.29) is 0 Å². The summed E-state index contributed by atoms with van der Waals surface area (Å²) in [5.74, 6) is 0. The third-order valence-electron chi connectivity index (χ3n) is 5.61. The minimum Gasteiger partial charge on any atom is -0.292 e. The predicted octanol–water partition coefficient (Wildman–Crippen LogP) is 6.33. The first-order valence-corrected chi connectivity index (χ1v) is 9.56. The Bertz CT molecular complexity index is 1620. The lowest BCUT2D eigenvalue weighted by Crippen LogP contribution is -1.92. The number of imidazole rings is 1. The molecular weight excluding hydrogens is 354 g/mol. The van der Waals surface area contributed by atoms with E-state index >= 15 is 0 Å². The van der Waals surface area contributed by atoms with Crippen molar-refractivity contribution >= 4 is 38.4 Å². The number of benzene rings is 4. The number of hydrogen-bond acceptors (Lipinski definition) is 2. The highest BCUT2D eigenvalue weighted by Crippen LogP contribution is 2.35. The number of pyridine rings is 1. The average Bonchev–Trinajstić information content (AvgIpc) is 3.19. The van der Waals surface area contributed by atoms with E-state index in [2.05, 4.69) is 71.1 Å². The topological polar surface area (TPSA) is 41.1 Å². The Kier molecular flexibility index (Phi) is 3.24. The molecule has 2 aromatic heterocycles. The van der Waals surface area contributed by atoms with Gasteiger partial charge in [0.25, 0.3) is 0 Å². The van der Waals surface area contributed by atoms with Gasteiger partial charge in [0.05, 0.1) is 28.2 Å². The molecule has 3 heteroatoms. The Morgan fingerprint density at radius 2 is 1.45 bits per heavy atom. The van der Waals surface area contributed by atoms with Gasteiger partial charge in [0.1, 0.15) is 5.65 Å². The molecule has 2 heterocycles. The van der Waals surface area contributed by atoms with Crippen LogP contribution in [0, 0.1) is 11.3 Å². The molecule has 0 aliphatic rings. The predicted molar refractivity (Wildman–Crippen MR) is 118 cm³/mol. The zero-order valence-corrected chi connectivity index (χ0v) is 15.5. The number of nitrogens with zero attached hydrogens (tertiary/aromatic N) is 3. The third kappa shape index (κ3) is 2.20. The van der Waals surface area contributed by atoms with Crippen LogP contribution in [0.2, 0.25) is 0 Å². The number of para-hydroxylation sites is 2. The van der Waals surface area contributed by atoms with Crippen LogP contribution in [0.4, 0.5) is 0 Å². The van der Waals surface area contributed by atoms with E-state index in [1.165, 1.54) is 5.39 Å². The van der Waals surface area contributed by atoms with Crippen molar-refractivity contribution in [3.8, 4) is 17.2 Å². The fraction of sp³-hybridized carbons (Fsp3) is 0. The summed E-state index contributed by atoms with van der Waals surface area (Å²) < 4.78 is 2.24. The molecule has 0 aliphatic carbocycles. The molecule has 134 valence electrons. The van der Waals surface area contributed by atoms with E-state index < -0.39 is 0 Å². The van der Waals surface area contributed by atoms with Crippen LogP contribution in [0.1, 0.15) is 5.56 Å². The average molecular weight is 369 g/mol. The number of fused-ring (bicyclic) bond motifs is 8. The monoisotopic (exact) mass is 369 g/mol. The zero-order valence-electron chi connectivity index (χ0n) is 15.5. The second-order valence-electron chi connectivity index (χ2n) is 7.19. The third-order valence-corrected chi connectivity index (χ3v) is 5.61. The Labute approximate surface area is 167 Å². The minimum absolute atomic E-state index is 0.685. The summed E-state index contributed by atoms with van der Waals surface area (Å²) in [4.78, 5) is 4.92. The summed E-state index contributed by atoms with van der Waals surface area (Å²) >= 11 is 0. The number of rotatable bonds is 1. The van der Waals surface area contributed by atoms with Crippen molar-refractivity contribution < 1.29 is 0 Å². The first-order chi connectivity index (χ1) is 14.3. The van der Waals surface area contributed by atoms with E-state index in [4.69, 9.17) is 4.98 Å². The summed E-state index contributed by atoms with van der Waals surface area (Å²) in [6, 6.07) is 33.2. The van der Waals surface area contributed by atoms with Gasteiger partial charge in [-0.1, -0.05) is 60.7 Å². The fourth-order valence-electron chi connectivity index (χ4n) is 4.31. The lowest BCUT2D eigenvalue weighted by Gasteiger charge is -2.11. The van der Waals surface area contributed by atoms with E-state index in [1.807, 2.05) is 30.3 Å². The molecule has 29 heavy (non-hydrogen) atoms. The number of aromatic nitrogens is 2. The van der Waals surface area contributed by atoms with Crippen LogP contribution in [0.15, 0.2) is 91.0 Å². The Morgan fingerprint density at radius 3 is 2.34 bits per heavy atom. The summed E-state index contributed by atoms with van der Waals surface area (Å²) in [5.41, 5.74) is 6.86. The lowest BCUT2D eigenvalue weighted by atomic mass is 9.97. The van der Waals surface area contributed by atoms with E-state index in [0.717, 1.165) is 44.1 Å². The first kappa shape index (κ1) is 15.9. The van der Waals surface area contributed by atoms with Gasteiger partial charge in [-0.15, -0.1) is 0 Å². The Morgan fingerprint density at radius 1 is 0.690 bits per heavy atom. The molecular formula is C26H15N3. The summed E-state index contributed by atoms with van der Waals surface area (Å²) in [6.07, 6.45) is 0. The molecule has 0 N–H and O–H groups in total. The summed E-state index contributed by atoms with van der Waals surface area (Å²) in [5, 5.41) is 13.0. The molecule has 0 saturated heterocycles. The van der Waals surface area contributed by atoms with Gasteiger partial charge in [-0.05, 0) is 46.8 Å². The normalized spacial score (nSPS) is 11.4. The number of hydrogen-bond donors (Lipinski definition) is 0. The highest BCUT2D eigenvalue weighted by atomic mass is 15.0. The van der Waals surface area contributed by atoms with Gasteiger partial charge in [0, 0.05) is 10.8 Å². The lowest BCUT2D eigenvalue weighted by molar-refractivity contribution is 1.31. The van der Waals surface area contributed by atoms with Crippen LogP contribution < -0.4 is 0 Å². The van der Waals surface area contributed by atoms with Gasteiger partial charge in [-0.2, -0.15) is 5.26 Å². The smallest absolute Gasteiger partial charge is 0.146 e. The van der Waals surface area contributed by atoms with Gasteiger partial charge in [0.2, 0.25) is 0 Å². The van der Waals surface area contributed by atoms with Gasteiger partial charge in [0.15, 0.2) is 0 Å². The van der Waals surface area contributed by atoms with Crippen LogP contribution in [0.25, 0.3) is 49.5 Å². The van der Waals surface area contributed by atoms with Crippen molar-refractivity contribution in [3.05, 3.63) is 96.6 Å². The molecule has 0 unspecified atom stereocenters. The fourth-order valence-corrected chi connectivity index (χ4v) is 4.31. The molecule has 0 spiro atoms. The molecule has 0 amide bonds. The highest BCUT2D eigenvalue weighted by molar-refractivity contribution is 6.14. The summed E-state index contributed by atoms with van der Waals surface area (Å²) in [7, 11) is 0. The molecule has 0 aliphatic heterocycles. The number of nitriles is 1. The molecule has 6 rings (SSSR count). The van der Waals surface area contributed by atoms with Gasteiger partial charge >= 0.3 is 0 Å². The molecule has 3 nitrogen and oxygen atoms in total. The van der Waals surface area contributed by atoms with Crippen LogP contribution in [0.3, 0.4) is 0 Å². The van der Waals surface area contributed by atoms with Crippen molar-refractivity contribution in [2.75, 3.05) is 0 Å². The van der Waals surface area contributed by atoms with Crippen LogP contribution in [-0.4, -0.2) is 9.38 Å². The SMILES string of the molecule is N#Cc1ccccc1-c1ccc2c(c1)c1ccccc1c1nc3ccccc3n21. The molecule has 6 aromatic rings. The van der Waals surface area contributed by atoms with E-state index in [9.17, 15) is 5.26 Å². The summed E-state index contributed by atoms with van der Waals surface area (Å²) in [6.45, 7) is 0. The van der Waals surface area contributed by atoms with Crippen LogP contribution in [0.5, 0.6) is 0 Å². The molecule has 4 aromatic carbocycles. The van der Waals surface area contributed by atoms with Crippen molar-refractivity contribution in [1.82, 2.24) is 9.38 Å². The molecule has 0 saturated carbocycles. The van der Waals surface area contributed by atoms with Crippen molar-refractivity contribution in [2.24, 2.45) is 0 Å². The standard InChI is InChI=1S/C26H15N3/c27-16-18-7-1-2-8-19(18)17-13-14-24-22(15-17)20-9-3-4-10-21(20)26-28-23-11-5-6-12-25(23)29(24)26/h1-15H. The molecule has 0 bridgehead atoms. The van der Waals surface area contributed by atoms with Gasteiger partial charge in [-0.25, -0.2) is 4.98 Å². The quantitative estimate of drug-likeness (QED) is 0.318. The molecule has 0 radical (unpaired) electrons. The Hall–Kier alpha value is -4.16. The zero-order chi connectivity index (χ0) is 19.4. The molecule has 0 atom stereocenters. The Balaban J connectivity index is 1.82. The van der Waals surface area contributed by atoms with E-state index in [1.54, 1.807) is 0 Å². The largest absolute Gasteiger partial charge is 0.292 e. The second-order valence-corrected chi connectivity index (χ2v) is 7.19. The van der Waals surface area contributed by atoms with Crippen molar-refractivity contribution in [2.45, 2.75) is 0 Å². The maximum atomic E-state index is 9.53. The second kappa shape index (κ2) is 5.92. The first-order valence-electron chi connectivity index (χ1n) is 9.56. The maximum Gasteiger partial charge on any atom is 0.146 e. The molecule has 0 fully saturated rings. The van der Waals surface area contributed by atoms with E-state index in [0.29, 0.717) is 5.56 Å². The van der Waals surface area contributed by atoms with Gasteiger partial charge < -0.3 is 0 Å². The van der Waals surface area contributed by atoms with Gasteiger partial charge in [-0.3, -0.25) is 4.40 Å². The van der Waals surface area contributed by atoms with Crippen LogP contribution >= 0.6 is 0 Å². The maximum absolute atomic E-state index is 9.53. The highest BCUT2D eigenvalue weighted by Gasteiger charge is 2.14. The van der Waals surface area contributed by atoms with Crippen LogP contribution in [-0.2, 0) is 0 Å².